The molecule has 7 nitrogen and oxygen atoms in total. The van der Waals surface area contributed by atoms with Crippen LogP contribution < -0.4 is 10.2 Å². The van der Waals surface area contributed by atoms with Gasteiger partial charge in [0.2, 0.25) is 11.8 Å². The van der Waals surface area contributed by atoms with Gasteiger partial charge in [0.15, 0.2) is 0 Å². The first-order chi connectivity index (χ1) is 12.6. The van der Waals surface area contributed by atoms with Crippen LogP contribution >= 0.6 is 0 Å². The van der Waals surface area contributed by atoms with Crippen LogP contribution in [-0.2, 0) is 9.59 Å². The second-order valence-electron chi connectivity index (χ2n) is 7.75. The number of piperidine rings is 2. The van der Waals surface area contributed by atoms with Crippen LogP contribution in [0, 0.1) is 12.8 Å². The molecule has 0 radical (unpaired) electrons. The maximum atomic E-state index is 12.7. The van der Waals surface area contributed by atoms with E-state index in [4.69, 9.17) is 0 Å². The van der Waals surface area contributed by atoms with E-state index in [1.54, 1.807) is 6.33 Å². The van der Waals surface area contributed by atoms with Gasteiger partial charge in [-0.25, -0.2) is 9.97 Å². The third kappa shape index (κ3) is 3.66. The number of carbonyl (C=O) groups is 2. The van der Waals surface area contributed by atoms with E-state index < -0.39 is 0 Å². The standard InChI is InChI=1S/C19H27N5O2/c1-13-10-17(22-12-21-13)24(15-3-4-15)16-6-8-23(9-7-16)19(26)14-2-5-18(25)20-11-14/h10,12,14-16H,2-9,11H2,1H3,(H,20,25). The lowest BCUT2D eigenvalue weighted by molar-refractivity contribution is -0.138. The normalized spacial score (nSPS) is 24.3. The minimum Gasteiger partial charge on any atom is -0.355 e. The van der Waals surface area contributed by atoms with Crippen LogP contribution in [0.4, 0.5) is 5.82 Å². The number of hydrogen-bond donors (Lipinski definition) is 1. The van der Waals surface area contributed by atoms with Crippen molar-refractivity contribution in [3.63, 3.8) is 0 Å². The number of nitrogens with zero attached hydrogens (tertiary/aromatic N) is 4. The van der Waals surface area contributed by atoms with Gasteiger partial charge in [-0.2, -0.15) is 0 Å². The average molecular weight is 357 g/mol. The maximum absolute atomic E-state index is 12.7. The molecule has 7 heteroatoms. The lowest BCUT2D eigenvalue weighted by atomic mass is 9.95. The summed E-state index contributed by atoms with van der Waals surface area (Å²) >= 11 is 0. The topological polar surface area (TPSA) is 78.4 Å². The third-order valence-corrected chi connectivity index (χ3v) is 5.78. The molecular formula is C19H27N5O2. The van der Waals surface area contributed by atoms with Gasteiger partial charge < -0.3 is 15.1 Å². The molecule has 0 spiro atoms. The number of aryl methyl sites for hydroxylation is 1. The van der Waals surface area contributed by atoms with Crippen LogP contribution in [0.3, 0.4) is 0 Å². The van der Waals surface area contributed by atoms with Crippen LogP contribution in [0.5, 0.6) is 0 Å². The molecule has 1 aromatic heterocycles. The molecule has 140 valence electrons. The van der Waals surface area contributed by atoms with E-state index in [-0.39, 0.29) is 17.7 Å². The number of anilines is 1. The summed E-state index contributed by atoms with van der Waals surface area (Å²) in [5.74, 6) is 1.25. The molecule has 2 aliphatic heterocycles. The van der Waals surface area contributed by atoms with Crippen molar-refractivity contribution in [1.82, 2.24) is 20.2 Å². The molecule has 1 saturated carbocycles. The largest absolute Gasteiger partial charge is 0.355 e. The first-order valence-corrected chi connectivity index (χ1v) is 9.74. The highest BCUT2D eigenvalue weighted by Crippen LogP contribution is 2.35. The lowest BCUT2D eigenvalue weighted by Gasteiger charge is -2.40. The summed E-state index contributed by atoms with van der Waals surface area (Å²) < 4.78 is 0. The minimum absolute atomic E-state index is 0.0479. The minimum atomic E-state index is -0.0479. The average Bonchev–Trinajstić information content (AvgIpc) is 3.48. The number of carbonyl (C=O) groups excluding carboxylic acids is 2. The highest BCUT2D eigenvalue weighted by atomic mass is 16.2. The quantitative estimate of drug-likeness (QED) is 0.878. The van der Waals surface area contributed by atoms with E-state index in [1.807, 2.05) is 11.8 Å². The molecule has 4 rings (SSSR count). The first-order valence-electron chi connectivity index (χ1n) is 9.74. The Morgan fingerprint density at radius 3 is 2.50 bits per heavy atom. The Morgan fingerprint density at radius 2 is 1.88 bits per heavy atom. The molecule has 3 aliphatic rings. The van der Waals surface area contributed by atoms with Gasteiger partial charge in [-0.05, 0) is 39.0 Å². The van der Waals surface area contributed by atoms with Gasteiger partial charge in [-0.1, -0.05) is 0 Å². The van der Waals surface area contributed by atoms with Crippen molar-refractivity contribution in [3.05, 3.63) is 18.1 Å². The molecule has 1 aromatic rings. The van der Waals surface area contributed by atoms with Gasteiger partial charge >= 0.3 is 0 Å². The molecular weight excluding hydrogens is 330 g/mol. The van der Waals surface area contributed by atoms with E-state index in [1.165, 1.54) is 12.8 Å². The monoisotopic (exact) mass is 357 g/mol. The molecule has 26 heavy (non-hydrogen) atoms. The second-order valence-corrected chi connectivity index (χ2v) is 7.75. The fourth-order valence-corrected chi connectivity index (χ4v) is 4.17. The summed E-state index contributed by atoms with van der Waals surface area (Å²) in [6.07, 6.45) is 7.20. The van der Waals surface area contributed by atoms with Crippen molar-refractivity contribution in [2.24, 2.45) is 5.92 Å². The number of rotatable bonds is 4. The Labute approximate surface area is 154 Å². The molecule has 1 unspecified atom stereocenters. The number of nitrogens with one attached hydrogen (secondary N) is 1. The molecule has 0 aromatic carbocycles. The van der Waals surface area contributed by atoms with Crippen molar-refractivity contribution in [1.29, 1.82) is 0 Å². The molecule has 0 bridgehead atoms. The Balaban J connectivity index is 1.37. The highest BCUT2D eigenvalue weighted by Gasteiger charge is 2.38. The maximum Gasteiger partial charge on any atom is 0.227 e. The van der Waals surface area contributed by atoms with E-state index >= 15 is 0 Å². The summed E-state index contributed by atoms with van der Waals surface area (Å²) in [7, 11) is 0. The summed E-state index contributed by atoms with van der Waals surface area (Å²) in [6.45, 7) is 4.08. The van der Waals surface area contributed by atoms with Gasteiger partial charge in [0.25, 0.3) is 0 Å². The molecule has 1 aliphatic carbocycles. The zero-order valence-electron chi connectivity index (χ0n) is 15.4. The predicted molar refractivity (Wildman–Crippen MR) is 97.6 cm³/mol. The Morgan fingerprint density at radius 1 is 1.15 bits per heavy atom. The Kier molecular flexibility index (Phi) is 4.78. The number of likely N-dealkylation sites (tertiary alicyclic amines) is 1. The van der Waals surface area contributed by atoms with Gasteiger partial charge in [0, 0.05) is 49.9 Å². The van der Waals surface area contributed by atoms with Gasteiger partial charge in [0.05, 0.1) is 5.92 Å². The summed E-state index contributed by atoms with van der Waals surface area (Å²) in [5.41, 5.74) is 0.993. The van der Waals surface area contributed by atoms with E-state index in [9.17, 15) is 9.59 Å². The van der Waals surface area contributed by atoms with Crippen LogP contribution in [0.15, 0.2) is 12.4 Å². The molecule has 2 amide bonds. The van der Waals surface area contributed by atoms with E-state index in [0.29, 0.717) is 31.5 Å². The predicted octanol–water partition coefficient (Wildman–Crippen LogP) is 1.27. The zero-order valence-corrected chi connectivity index (χ0v) is 15.4. The van der Waals surface area contributed by atoms with E-state index in [0.717, 1.165) is 37.4 Å². The van der Waals surface area contributed by atoms with Crippen molar-refractivity contribution in [2.75, 3.05) is 24.5 Å². The molecule has 3 fully saturated rings. The Bertz CT molecular complexity index is 672. The fraction of sp³-hybridized carbons (Fsp3) is 0.684. The summed E-state index contributed by atoms with van der Waals surface area (Å²) in [5, 5.41) is 2.82. The van der Waals surface area contributed by atoms with Crippen LogP contribution in [0.2, 0.25) is 0 Å². The molecule has 1 atom stereocenters. The van der Waals surface area contributed by atoms with Gasteiger partial charge in [-0.3, -0.25) is 9.59 Å². The molecule has 3 heterocycles. The first kappa shape index (κ1) is 17.2. The number of aromatic nitrogens is 2. The van der Waals surface area contributed by atoms with Crippen LogP contribution in [-0.4, -0.2) is 58.4 Å². The number of amides is 2. The zero-order chi connectivity index (χ0) is 18.1. The van der Waals surface area contributed by atoms with Gasteiger partial charge in [0.1, 0.15) is 12.1 Å². The van der Waals surface area contributed by atoms with Gasteiger partial charge in [-0.15, -0.1) is 0 Å². The van der Waals surface area contributed by atoms with Crippen molar-refractivity contribution in [2.45, 2.75) is 57.5 Å². The smallest absolute Gasteiger partial charge is 0.227 e. The molecule has 1 N–H and O–H groups in total. The van der Waals surface area contributed by atoms with Crippen LogP contribution in [0.1, 0.15) is 44.2 Å². The lowest BCUT2D eigenvalue weighted by Crippen LogP contribution is -2.51. The SMILES string of the molecule is Cc1cc(N(C2CC2)C2CCN(C(=O)C3CCC(=O)NC3)CC2)ncn1. The van der Waals surface area contributed by atoms with E-state index in [2.05, 4.69) is 26.3 Å². The number of hydrogen-bond acceptors (Lipinski definition) is 5. The summed E-state index contributed by atoms with van der Waals surface area (Å²) in [4.78, 5) is 37.2. The highest BCUT2D eigenvalue weighted by molar-refractivity contribution is 5.83. The van der Waals surface area contributed by atoms with Crippen LogP contribution in [0.25, 0.3) is 0 Å². The van der Waals surface area contributed by atoms with Crippen molar-refractivity contribution < 1.29 is 9.59 Å². The Hall–Kier alpha value is -2.18. The molecule has 2 saturated heterocycles. The van der Waals surface area contributed by atoms with Crippen molar-refractivity contribution in [3.8, 4) is 0 Å². The third-order valence-electron chi connectivity index (χ3n) is 5.78. The summed E-state index contributed by atoms with van der Waals surface area (Å²) in [6, 6.07) is 3.10. The second kappa shape index (κ2) is 7.21. The fourth-order valence-electron chi connectivity index (χ4n) is 4.17. The van der Waals surface area contributed by atoms with Crippen molar-refractivity contribution >= 4 is 17.6 Å².